The lowest BCUT2D eigenvalue weighted by Crippen LogP contribution is -2.37. The number of carbonyl (C=O) groups excluding carboxylic acids is 1. The van der Waals surface area contributed by atoms with Gasteiger partial charge in [0.1, 0.15) is 17.7 Å². The average molecular weight is 454 g/mol. The lowest BCUT2D eigenvalue weighted by molar-refractivity contribution is 0.0330. The fraction of sp³-hybridized carbons (Fsp3) is 0.381. The maximum absolute atomic E-state index is 14.1. The van der Waals surface area contributed by atoms with Gasteiger partial charge in [0.25, 0.3) is 0 Å². The van der Waals surface area contributed by atoms with Crippen LogP contribution in [0.15, 0.2) is 41.3 Å². The van der Waals surface area contributed by atoms with E-state index >= 15 is 0 Å². The number of anilines is 1. The van der Waals surface area contributed by atoms with Gasteiger partial charge >= 0.3 is 5.97 Å². The summed E-state index contributed by atoms with van der Waals surface area (Å²) < 4.78 is 64.5. The van der Waals surface area contributed by atoms with Gasteiger partial charge in [-0.1, -0.05) is 0 Å². The number of sulfonamides is 1. The minimum absolute atomic E-state index is 0.0217. The molecule has 0 bridgehead atoms. The quantitative estimate of drug-likeness (QED) is 0.625. The van der Waals surface area contributed by atoms with Crippen molar-refractivity contribution in [3.63, 3.8) is 0 Å². The van der Waals surface area contributed by atoms with Crippen LogP contribution in [0.2, 0.25) is 0 Å². The second kappa shape index (κ2) is 9.29. The van der Waals surface area contributed by atoms with E-state index in [2.05, 4.69) is 0 Å². The molecule has 1 fully saturated rings. The molecule has 1 atom stereocenters. The summed E-state index contributed by atoms with van der Waals surface area (Å²) in [6.07, 6.45) is -1.09. The first-order valence-corrected chi connectivity index (χ1v) is 11.1. The Kier molecular flexibility index (Phi) is 6.93. The number of esters is 1. The number of nitrogens with zero attached hydrogens (tertiary/aromatic N) is 2. The first-order valence-electron chi connectivity index (χ1n) is 9.66. The number of carbonyl (C=O) groups is 1. The Balaban J connectivity index is 1.99. The molecule has 10 heteroatoms. The molecule has 3 rings (SSSR count). The van der Waals surface area contributed by atoms with E-state index in [4.69, 9.17) is 9.47 Å². The summed E-state index contributed by atoms with van der Waals surface area (Å²) in [5.74, 6) is -2.21. The number of rotatable bonds is 6. The van der Waals surface area contributed by atoms with Crippen molar-refractivity contribution < 1.29 is 31.5 Å². The van der Waals surface area contributed by atoms with Crippen LogP contribution in [0.3, 0.4) is 0 Å². The van der Waals surface area contributed by atoms with Crippen molar-refractivity contribution in [2.75, 3.05) is 45.3 Å². The number of hydrogen-bond donors (Lipinski definition) is 0. The van der Waals surface area contributed by atoms with Crippen LogP contribution >= 0.6 is 0 Å². The topological polar surface area (TPSA) is 76.2 Å². The second-order valence-electron chi connectivity index (χ2n) is 7.28. The molecule has 0 amide bonds. The van der Waals surface area contributed by atoms with Crippen LogP contribution in [-0.2, 0) is 19.5 Å². The highest BCUT2D eigenvalue weighted by Gasteiger charge is 2.26. The highest BCUT2D eigenvalue weighted by atomic mass is 32.2. The average Bonchev–Trinajstić information content (AvgIpc) is 2.75. The van der Waals surface area contributed by atoms with Gasteiger partial charge in [-0.3, -0.25) is 0 Å². The van der Waals surface area contributed by atoms with Crippen LogP contribution in [0.5, 0.6) is 0 Å². The SMILES string of the molecule is CC(OC(=O)c1cc(S(=O)(=O)N(C)C)ccc1N1CCOCC1)c1cc(F)ccc1F. The van der Waals surface area contributed by atoms with E-state index in [9.17, 15) is 22.0 Å². The zero-order chi connectivity index (χ0) is 22.8. The minimum atomic E-state index is -3.80. The number of hydrogen-bond acceptors (Lipinski definition) is 6. The molecule has 0 aliphatic carbocycles. The molecular formula is C21H24F2N2O5S. The van der Waals surface area contributed by atoms with E-state index in [1.54, 1.807) is 6.07 Å². The summed E-state index contributed by atoms with van der Waals surface area (Å²) in [4.78, 5) is 14.8. The molecule has 2 aromatic carbocycles. The molecule has 0 spiro atoms. The number of ether oxygens (including phenoxy) is 2. The number of halogens is 2. The fourth-order valence-electron chi connectivity index (χ4n) is 3.24. The van der Waals surface area contributed by atoms with Gasteiger partial charge < -0.3 is 14.4 Å². The fourth-order valence-corrected chi connectivity index (χ4v) is 4.17. The van der Waals surface area contributed by atoms with Crippen LogP contribution in [0.1, 0.15) is 28.9 Å². The third-order valence-corrected chi connectivity index (χ3v) is 6.81. The highest BCUT2D eigenvalue weighted by Crippen LogP contribution is 2.29. The highest BCUT2D eigenvalue weighted by molar-refractivity contribution is 7.89. The van der Waals surface area contributed by atoms with E-state index in [0.717, 1.165) is 22.5 Å². The Morgan fingerprint density at radius 1 is 1.13 bits per heavy atom. The Hall–Kier alpha value is -2.56. The zero-order valence-corrected chi connectivity index (χ0v) is 18.3. The normalized spacial score (nSPS) is 15.7. The van der Waals surface area contributed by atoms with Crippen LogP contribution in [-0.4, -0.2) is 59.1 Å². The maximum Gasteiger partial charge on any atom is 0.340 e. The van der Waals surface area contributed by atoms with Crippen molar-refractivity contribution >= 4 is 21.7 Å². The molecule has 168 valence electrons. The monoisotopic (exact) mass is 454 g/mol. The molecule has 1 heterocycles. The van der Waals surface area contributed by atoms with Gasteiger partial charge in [-0.15, -0.1) is 0 Å². The largest absolute Gasteiger partial charge is 0.454 e. The lowest BCUT2D eigenvalue weighted by atomic mass is 10.1. The van der Waals surface area contributed by atoms with Gasteiger partial charge in [-0.2, -0.15) is 0 Å². The van der Waals surface area contributed by atoms with Gasteiger partial charge in [0.15, 0.2) is 0 Å². The summed E-state index contributed by atoms with van der Waals surface area (Å²) in [6.45, 7) is 3.35. The summed E-state index contributed by atoms with van der Waals surface area (Å²) in [7, 11) is -1.03. The van der Waals surface area contributed by atoms with Crippen molar-refractivity contribution in [1.29, 1.82) is 0 Å². The molecule has 7 nitrogen and oxygen atoms in total. The third-order valence-electron chi connectivity index (χ3n) is 5.00. The predicted molar refractivity (Wildman–Crippen MR) is 111 cm³/mol. The summed E-state index contributed by atoms with van der Waals surface area (Å²) in [6, 6.07) is 7.11. The Bertz CT molecular complexity index is 1070. The molecule has 0 saturated carbocycles. The van der Waals surface area contributed by atoms with Gasteiger partial charge in [-0.05, 0) is 43.3 Å². The maximum atomic E-state index is 14.1. The molecule has 1 unspecified atom stereocenters. The van der Waals surface area contributed by atoms with Crippen molar-refractivity contribution in [2.45, 2.75) is 17.9 Å². The van der Waals surface area contributed by atoms with E-state index in [1.807, 2.05) is 4.90 Å². The van der Waals surface area contributed by atoms with Crippen LogP contribution in [0.4, 0.5) is 14.5 Å². The van der Waals surface area contributed by atoms with Gasteiger partial charge in [0, 0.05) is 32.7 Å². The third kappa shape index (κ3) is 5.03. The minimum Gasteiger partial charge on any atom is -0.454 e. The van der Waals surface area contributed by atoms with Crippen molar-refractivity contribution in [3.8, 4) is 0 Å². The Morgan fingerprint density at radius 3 is 2.45 bits per heavy atom. The van der Waals surface area contributed by atoms with E-state index < -0.39 is 33.7 Å². The molecule has 31 heavy (non-hydrogen) atoms. The number of morpholine rings is 1. The summed E-state index contributed by atoms with van der Waals surface area (Å²) in [5, 5.41) is 0. The Morgan fingerprint density at radius 2 is 1.81 bits per heavy atom. The molecule has 0 radical (unpaired) electrons. The number of benzene rings is 2. The molecule has 0 aromatic heterocycles. The first kappa shape index (κ1) is 23.1. The van der Waals surface area contributed by atoms with Crippen molar-refractivity contribution in [2.24, 2.45) is 0 Å². The van der Waals surface area contributed by atoms with E-state index in [-0.39, 0.29) is 16.0 Å². The molecule has 2 aromatic rings. The first-order chi connectivity index (χ1) is 14.6. The Labute approximate surface area is 180 Å². The van der Waals surface area contributed by atoms with Gasteiger partial charge in [0.05, 0.1) is 29.4 Å². The van der Waals surface area contributed by atoms with Crippen LogP contribution in [0, 0.1) is 11.6 Å². The van der Waals surface area contributed by atoms with Crippen LogP contribution < -0.4 is 4.90 Å². The van der Waals surface area contributed by atoms with Crippen LogP contribution in [0.25, 0.3) is 0 Å². The molecule has 1 saturated heterocycles. The summed E-state index contributed by atoms with van der Waals surface area (Å²) >= 11 is 0. The zero-order valence-electron chi connectivity index (χ0n) is 17.5. The second-order valence-corrected chi connectivity index (χ2v) is 9.43. The summed E-state index contributed by atoms with van der Waals surface area (Å²) in [5.41, 5.74) is 0.393. The molecular weight excluding hydrogens is 430 g/mol. The lowest BCUT2D eigenvalue weighted by Gasteiger charge is -2.30. The van der Waals surface area contributed by atoms with Crippen molar-refractivity contribution in [3.05, 3.63) is 59.2 Å². The standard InChI is InChI=1S/C21H24F2N2O5S/c1-14(17-12-15(22)4-6-19(17)23)30-21(26)18-13-16(31(27,28)24(2)3)5-7-20(18)25-8-10-29-11-9-25/h4-7,12-14H,8-11H2,1-3H3. The molecule has 1 aliphatic heterocycles. The van der Waals surface area contributed by atoms with Crippen molar-refractivity contribution in [1.82, 2.24) is 4.31 Å². The predicted octanol–water partition coefficient (Wildman–Crippen LogP) is 2.97. The van der Waals surface area contributed by atoms with Gasteiger partial charge in [0.2, 0.25) is 10.0 Å². The van der Waals surface area contributed by atoms with E-state index in [0.29, 0.717) is 32.0 Å². The van der Waals surface area contributed by atoms with Gasteiger partial charge in [-0.25, -0.2) is 26.3 Å². The smallest absolute Gasteiger partial charge is 0.340 e. The molecule has 1 aliphatic rings. The van der Waals surface area contributed by atoms with E-state index in [1.165, 1.54) is 33.2 Å². The molecule has 0 N–H and O–H groups in total.